The van der Waals surface area contributed by atoms with Crippen LogP contribution in [0.5, 0.6) is 28.7 Å². The lowest BCUT2D eigenvalue weighted by molar-refractivity contribution is 0.0200. The van der Waals surface area contributed by atoms with Gasteiger partial charge in [-0.2, -0.15) is 0 Å². The molecule has 1 aliphatic heterocycles. The van der Waals surface area contributed by atoms with Crippen molar-refractivity contribution in [2.45, 2.75) is 83.5 Å². The van der Waals surface area contributed by atoms with E-state index in [4.69, 9.17) is 14.2 Å². The minimum absolute atomic E-state index is 0.0489. The molecule has 3 aromatic rings. The first-order valence-electron chi connectivity index (χ1n) is 15.3. The van der Waals surface area contributed by atoms with E-state index in [2.05, 4.69) is 19.9 Å². The highest BCUT2D eigenvalue weighted by molar-refractivity contribution is 5.82. The fourth-order valence-corrected chi connectivity index (χ4v) is 7.08. The number of methoxy groups -OCH3 is 1. The molecule has 3 aromatic carbocycles. The molecule has 7 nitrogen and oxygen atoms in total. The van der Waals surface area contributed by atoms with Crippen molar-refractivity contribution in [3.05, 3.63) is 64.2 Å². The number of aromatic hydroxyl groups is 2. The molecule has 1 fully saturated rings. The number of hydrogen-bond acceptors (Lipinski definition) is 7. The number of fused-ring (bicyclic) bond motifs is 5. The maximum atomic E-state index is 11.4. The molecular weight excluding hydrogens is 532 g/mol. The van der Waals surface area contributed by atoms with Crippen molar-refractivity contribution in [1.29, 1.82) is 0 Å². The molecular formula is C35H42O7. The van der Waals surface area contributed by atoms with Crippen LogP contribution in [0.2, 0.25) is 0 Å². The minimum atomic E-state index is -0.793. The first-order chi connectivity index (χ1) is 20.2. The number of aliphatic hydroxyl groups is 2. The van der Waals surface area contributed by atoms with Crippen LogP contribution in [-0.2, 0) is 25.7 Å². The minimum Gasteiger partial charge on any atom is -0.508 e. The highest BCUT2D eigenvalue weighted by Crippen LogP contribution is 2.50. The molecule has 1 heterocycles. The Hall–Kier alpha value is -3.42. The Labute approximate surface area is 247 Å². The first kappa shape index (κ1) is 28.7. The Balaban J connectivity index is 1.32. The van der Waals surface area contributed by atoms with Crippen molar-refractivity contribution in [3.8, 4) is 39.9 Å². The van der Waals surface area contributed by atoms with Crippen LogP contribution in [0.4, 0.5) is 0 Å². The zero-order valence-corrected chi connectivity index (χ0v) is 24.7. The predicted molar refractivity (Wildman–Crippen MR) is 161 cm³/mol. The molecule has 0 unspecified atom stereocenters. The van der Waals surface area contributed by atoms with Crippen molar-refractivity contribution in [1.82, 2.24) is 0 Å². The van der Waals surface area contributed by atoms with E-state index in [0.717, 1.165) is 83.9 Å². The Morgan fingerprint density at radius 2 is 1.81 bits per heavy atom. The standard InChI is InChI=1S/C35H42O7/c1-19(2)11-23-13-26-21(14-29(23)38)7-9-25-27-16-30(39)35(42-31(27)17-33(40-3)34(25)26)22-8-10-28(37)32(15-22)41-24-6-4-5-20(12-24)18-36/h8,10,13-15,17,19-20,24,30,35-39H,4-7,9,11-12,16,18H2,1-3H3/t20-,24-,30-,35+/m1/s1. The van der Waals surface area contributed by atoms with Gasteiger partial charge in [-0.25, -0.2) is 0 Å². The second kappa shape index (κ2) is 11.7. The summed E-state index contributed by atoms with van der Waals surface area (Å²) < 4.78 is 18.6. The summed E-state index contributed by atoms with van der Waals surface area (Å²) in [6.07, 6.45) is 4.86. The largest absolute Gasteiger partial charge is 0.508 e. The van der Waals surface area contributed by atoms with Gasteiger partial charge in [-0.15, -0.1) is 0 Å². The van der Waals surface area contributed by atoms with Gasteiger partial charge in [0.1, 0.15) is 23.4 Å². The monoisotopic (exact) mass is 574 g/mol. The predicted octanol–water partition coefficient (Wildman–Crippen LogP) is 6.04. The SMILES string of the molecule is COc1cc2c(c3c1-c1cc(CC(C)C)c(O)cc1CC3)C[C@@H](O)[C@H](c1ccc(O)c(O[C@@H]3CCC[C@@H](CO)C3)c1)O2. The van der Waals surface area contributed by atoms with Crippen molar-refractivity contribution < 1.29 is 34.6 Å². The molecule has 0 amide bonds. The summed E-state index contributed by atoms with van der Waals surface area (Å²) in [5.74, 6) is 2.80. The van der Waals surface area contributed by atoms with Gasteiger partial charge in [0.25, 0.3) is 0 Å². The van der Waals surface area contributed by atoms with Crippen LogP contribution < -0.4 is 14.2 Å². The Morgan fingerprint density at radius 1 is 0.976 bits per heavy atom. The molecule has 0 aromatic heterocycles. The van der Waals surface area contributed by atoms with E-state index in [-0.39, 0.29) is 24.4 Å². The van der Waals surface area contributed by atoms with E-state index >= 15 is 0 Å². The number of phenols is 2. The average molecular weight is 575 g/mol. The third-order valence-corrected chi connectivity index (χ3v) is 9.15. The van der Waals surface area contributed by atoms with Gasteiger partial charge in [-0.1, -0.05) is 19.9 Å². The van der Waals surface area contributed by atoms with Gasteiger partial charge in [-0.05, 0) is 109 Å². The van der Waals surface area contributed by atoms with Crippen LogP contribution in [0.25, 0.3) is 11.1 Å². The number of rotatable bonds is 7. The fourth-order valence-electron chi connectivity index (χ4n) is 7.08. The molecule has 2 aliphatic carbocycles. The van der Waals surface area contributed by atoms with E-state index < -0.39 is 12.2 Å². The van der Waals surface area contributed by atoms with E-state index in [0.29, 0.717) is 35.3 Å². The van der Waals surface area contributed by atoms with Crippen LogP contribution in [0, 0.1) is 11.8 Å². The summed E-state index contributed by atoms with van der Waals surface area (Å²) in [5, 5.41) is 42.3. The second-order valence-electron chi connectivity index (χ2n) is 12.6. The molecule has 3 aliphatic rings. The normalized spacial score (nSPS) is 23.0. The number of aliphatic hydroxyl groups excluding tert-OH is 2. The van der Waals surface area contributed by atoms with Crippen molar-refractivity contribution in [2.75, 3.05) is 13.7 Å². The number of phenolic OH excluding ortho intramolecular Hbond substituents is 2. The van der Waals surface area contributed by atoms with Gasteiger partial charge in [0, 0.05) is 30.2 Å². The van der Waals surface area contributed by atoms with Gasteiger partial charge < -0.3 is 34.6 Å². The smallest absolute Gasteiger partial charge is 0.161 e. The van der Waals surface area contributed by atoms with Crippen LogP contribution in [0.15, 0.2) is 36.4 Å². The lowest BCUT2D eigenvalue weighted by atomic mass is 9.79. The lowest BCUT2D eigenvalue weighted by Gasteiger charge is -2.35. The van der Waals surface area contributed by atoms with Gasteiger partial charge in [0.15, 0.2) is 11.5 Å². The van der Waals surface area contributed by atoms with E-state index in [1.807, 2.05) is 12.1 Å². The number of aryl methyl sites for hydroxylation is 1. The molecule has 0 spiro atoms. The number of benzene rings is 3. The first-order valence-corrected chi connectivity index (χ1v) is 15.3. The van der Waals surface area contributed by atoms with Gasteiger partial charge in [0.2, 0.25) is 0 Å². The topological polar surface area (TPSA) is 109 Å². The summed E-state index contributed by atoms with van der Waals surface area (Å²) in [5.41, 5.74) is 6.97. The van der Waals surface area contributed by atoms with E-state index in [1.165, 1.54) is 0 Å². The van der Waals surface area contributed by atoms with Crippen LogP contribution in [0.3, 0.4) is 0 Å². The molecule has 0 bridgehead atoms. The quantitative estimate of drug-likeness (QED) is 0.273. The lowest BCUT2D eigenvalue weighted by Crippen LogP contribution is -2.31. The summed E-state index contributed by atoms with van der Waals surface area (Å²) in [4.78, 5) is 0. The molecule has 4 N–H and O–H groups in total. The molecule has 0 radical (unpaired) electrons. The highest BCUT2D eigenvalue weighted by Gasteiger charge is 2.36. The molecule has 42 heavy (non-hydrogen) atoms. The number of ether oxygens (including phenoxy) is 3. The molecule has 7 heteroatoms. The maximum absolute atomic E-state index is 11.4. The van der Waals surface area contributed by atoms with E-state index in [1.54, 1.807) is 25.3 Å². The van der Waals surface area contributed by atoms with E-state index in [9.17, 15) is 20.4 Å². The molecule has 6 rings (SSSR count). The molecule has 224 valence electrons. The Bertz CT molecular complexity index is 1460. The summed E-state index contributed by atoms with van der Waals surface area (Å²) in [7, 11) is 1.66. The molecule has 1 saturated carbocycles. The molecule has 0 saturated heterocycles. The van der Waals surface area contributed by atoms with Crippen molar-refractivity contribution in [2.24, 2.45) is 11.8 Å². The maximum Gasteiger partial charge on any atom is 0.161 e. The van der Waals surface area contributed by atoms with Crippen LogP contribution in [-0.4, -0.2) is 46.4 Å². The van der Waals surface area contributed by atoms with Gasteiger partial charge in [-0.3, -0.25) is 0 Å². The molecule has 4 atom stereocenters. The third kappa shape index (κ3) is 5.40. The third-order valence-electron chi connectivity index (χ3n) is 9.15. The summed E-state index contributed by atoms with van der Waals surface area (Å²) in [6, 6.07) is 11.1. The highest BCUT2D eigenvalue weighted by atomic mass is 16.5. The van der Waals surface area contributed by atoms with Crippen LogP contribution in [0.1, 0.15) is 73.5 Å². The fraction of sp³-hybridized carbons (Fsp3) is 0.486. The zero-order chi connectivity index (χ0) is 29.5. The number of hydrogen-bond donors (Lipinski definition) is 4. The summed E-state index contributed by atoms with van der Waals surface area (Å²) in [6.45, 7) is 4.43. The Kier molecular flexibility index (Phi) is 7.99. The second-order valence-corrected chi connectivity index (χ2v) is 12.6. The van der Waals surface area contributed by atoms with Gasteiger partial charge >= 0.3 is 0 Å². The zero-order valence-electron chi connectivity index (χ0n) is 24.7. The van der Waals surface area contributed by atoms with Crippen molar-refractivity contribution >= 4 is 0 Å². The van der Waals surface area contributed by atoms with Gasteiger partial charge in [0.05, 0.1) is 19.3 Å². The van der Waals surface area contributed by atoms with Crippen LogP contribution >= 0.6 is 0 Å². The Morgan fingerprint density at radius 3 is 2.57 bits per heavy atom. The summed E-state index contributed by atoms with van der Waals surface area (Å²) >= 11 is 0. The average Bonchev–Trinajstić information content (AvgIpc) is 2.98. The van der Waals surface area contributed by atoms with Crippen molar-refractivity contribution in [3.63, 3.8) is 0 Å².